The molecule has 4 heteroatoms. The summed E-state index contributed by atoms with van der Waals surface area (Å²) in [6.07, 6.45) is 0.377. The summed E-state index contributed by atoms with van der Waals surface area (Å²) >= 11 is 12.4. The van der Waals surface area contributed by atoms with E-state index in [1.54, 1.807) is 6.07 Å². The van der Waals surface area contributed by atoms with Gasteiger partial charge in [-0.05, 0) is 40.1 Å². The second-order valence-corrected chi connectivity index (χ2v) is 6.56. The first-order chi connectivity index (χ1) is 11.1. The highest BCUT2D eigenvalue weighted by Gasteiger charge is 2.29. The van der Waals surface area contributed by atoms with Gasteiger partial charge in [0.25, 0.3) is 0 Å². The van der Waals surface area contributed by atoms with Gasteiger partial charge in [0.2, 0.25) is 5.91 Å². The normalized spacial score (nSPS) is 17.0. The van der Waals surface area contributed by atoms with Crippen LogP contribution < -0.4 is 5.32 Å². The molecule has 0 aliphatic carbocycles. The van der Waals surface area contributed by atoms with Crippen LogP contribution in [0.3, 0.4) is 0 Å². The van der Waals surface area contributed by atoms with Crippen LogP contribution in [0.25, 0.3) is 10.8 Å². The van der Waals surface area contributed by atoms with Gasteiger partial charge in [-0.2, -0.15) is 0 Å². The summed E-state index contributed by atoms with van der Waals surface area (Å²) in [4.78, 5) is 12.1. The van der Waals surface area contributed by atoms with E-state index >= 15 is 0 Å². The van der Waals surface area contributed by atoms with E-state index in [2.05, 4.69) is 17.4 Å². The number of benzene rings is 3. The van der Waals surface area contributed by atoms with Crippen molar-refractivity contribution in [2.75, 3.05) is 5.32 Å². The summed E-state index contributed by atoms with van der Waals surface area (Å²) in [5, 5.41) is 6.45. The highest BCUT2D eigenvalue weighted by atomic mass is 35.5. The standard InChI is InChI=1S/C19H13Cl2NO/c20-12-6-7-14(16(21)9-12)15-10-18(23)22-17-8-5-11-3-1-2-4-13(11)19(15)17/h1-9,15H,10H2,(H,22,23)/t15-/m1/s1. The number of halogens is 2. The van der Waals surface area contributed by atoms with Crippen molar-refractivity contribution in [3.8, 4) is 0 Å². The maximum Gasteiger partial charge on any atom is 0.225 e. The molecule has 0 saturated heterocycles. The Kier molecular flexibility index (Phi) is 3.51. The number of rotatable bonds is 1. The van der Waals surface area contributed by atoms with E-state index in [4.69, 9.17) is 23.2 Å². The minimum Gasteiger partial charge on any atom is -0.326 e. The Morgan fingerprint density at radius 3 is 2.65 bits per heavy atom. The van der Waals surface area contributed by atoms with Crippen LogP contribution in [0.1, 0.15) is 23.5 Å². The van der Waals surface area contributed by atoms with Gasteiger partial charge in [-0.3, -0.25) is 4.79 Å². The minimum absolute atomic E-state index is 0.00352. The first-order valence-electron chi connectivity index (χ1n) is 7.40. The first-order valence-corrected chi connectivity index (χ1v) is 8.15. The van der Waals surface area contributed by atoms with Gasteiger partial charge >= 0.3 is 0 Å². The van der Waals surface area contributed by atoms with Crippen molar-refractivity contribution in [2.24, 2.45) is 0 Å². The molecule has 1 amide bonds. The second-order valence-electron chi connectivity index (χ2n) is 5.72. The topological polar surface area (TPSA) is 29.1 Å². The minimum atomic E-state index is -0.0744. The average molecular weight is 342 g/mol. The Labute approximate surface area is 144 Å². The van der Waals surface area contributed by atoms with E-state index in [0.717, 1.165) is 27.6 Å². The summed E-state index contributed by atoms with van der Waals surface area (Å²) in [6, 6.07) is 17.6. The Morgan fingerprint density at radius 2 is 1.83 bits per heavy atom. The molecule has 0 bridgehead atoms. The maximum atomic E-state index is 12.1. The number of hydrogen-bond donors (Lipinski definition) is 1. The van der Waals surface area contributed by atoms with Crippen molar-refractivity contribution in [1.29, 1.82) is 0 Å². The number of carbonyl (C=O) groups is 1. The molecule has 2 nitrogen and oxygen atoms in total. The van der Waals surface area contributed by atoms with Crippen LogP contribution >= 0.6 is 23.2 Å². The molecule has 0 fully saturated rings. The molecular weight excluding hydrogens is 329 g/mol. The Hall–Kier alpha value is -2.03. The zero-order chi connectivity index (χ0) is 16.0. The zero-order valence-electron chi connectivity index (χ0n) is 12.1. The molecule has 3 aromatic carbocycles. The van der Waals surface area contributed by atoms with Crippen LogP contribution in [0, 0.1) is 0 Å². The maximum absolute atomic E-state index is 12.1. The lowest BCUT2D eigenvalue weighted by Crippen LogP contribution is -2.24. The monoisotopic (exact) mass is 341 g/mol. The molecule has 1 heterocycles. The van der Waals surface area contributed by atoms with E-state index in [0.29, 0.717) is 16.5 Å². The van der Waals surface area contributed by atoms with Gasteiger partial charge in [0.1, 0.15) is 0 Å². The predicted octanol–water partition coefficient (Wildman–Crippen LogP) is 5.62. The predicted molar refractivity (Wildman–Crippen MR) is 95.5 cm³/mol. The van der Waals surface area contributed by atoms with Gasteiger partial charge in [0.05, 0.1) is 0 Å². The second kappa shape index (κ2) is 5.55. The quantitative estimate of drug-likeness (QED) is 0.611. The van der Waals surface area contributed by atoms with Crippen molar-refractivity contribution in [3.63, 3.8) is 0 Å². The van der Waals surface area contributed by atoms with E-state index in [-0.39, 0.29) is 11.8 Å². The summed E-state index contributed by atoms with van der Waals surface area (Å²) in [7, 11) is 0. The molecular formula is C19H13Cl2NO. The fourth-order valence-electron chi connectivity index (χ4n) is 3.32. The van der Waals surface area contributed by atoms with Crippen molar-refractivity contribution >= 4 is 45.6 Å². The highest BCUT2D eigenvalue weighted by molar-refractivity contribution is 6.35. The molecule has 1 aliphatic rings. The lowest BCUT2D eigenvalue weighted by Gasteiger charge is -2.28. The van der Waals surface area contributed by atoms with Crippen LogP contribution in [0.2, 0.25) is 10.0 Å². The third kappa shape index (κ3) is 2.48. The molecule has 1 aliphatic heterocycles. The van der Waals surface area contributed by atoms with Crippen LogP contribution in [0.15, 0.2) is 54.6 Å². The van der Waals surface area contributed by atoms with Gasteiger partial charge in [-0.1, -0.05) is 59.6 Å². The number of amides is 1. The van der Waals surface area contributed by atoms with Crippen molar-refractivity contribution in [3.05, 3.63) is 75.8 Å². The van der Waals surface area contributed by atoms with E-state index in [1.165, 1.54) is 0 Å². The molecule has 0 aromatic heterocycles. The molecule has 1 N–H and O–H groups in total. The van der Waals surface area contributed by atoms with Crippen molar-refractivity contribution in [2.45, 2.75) is 12.3 Å². The van der Waals surface area contributed by atoms with Gasteiger partial charge < -0.3 is 5.32 Å². The highest BCUT2D eigenvalue weighted by Crippen LogP contribution is 2.43. The fraction of sp³-hybridized carbons (Fsp3) is 0.105. The number of hydrogen-bond acceptors (Lipinski definition) is 1. The molecule has 0 radical (unpaired) electrons. The van der Waals surface area contributed by atoms with Gasteiger partial charge in [0, 0.05) is 28.1 Å². The Bertz CT molecular complexity index is 936. The van der Waals surface area contributed by atoms with Gasteiger partial charge in [-0.25, -0.2) is 0 Å². The van der Waals surface area contributed by atoms with Gasteiger partial charge in [-0.15, -0.1) is 0 Å². The fourth-order valence-corrected chi connectivity index (χ4v) is 3.86. The number of anilines is 1. The molecule has 23 heavy (non-hydrogen) atoms. The van der Waals surface area contributed by atoms with Crippen LogP contribution in [-0.2, 0) is 4.79 Å². The summed E-state index contributed by atoms with van der Waals surface area (Å²) in [5.74, 6) is -0.0709. The van der Waals surface area contributed by atoms with E-state index < -0.39 is 0 Å². The number of carbonyl (C=O) groups excluding carboxylic acids is 1. The number of fused-ring (bicyclic) bond motifs is 3. The van der Waals surface area contributed by atoms with E-state index in [1.807, 2.05) is 36.4 Å². The first kappa shape index (κ1) is 14.6. The summed E-state index contributed by atoms with van der Waals surface area (Å²) < 4.78 is 0. The molecule has 0 spiro atoms. The molecule has 114 valence electrons. The molecule has 0 saturated carbocycles. The SMILES string of the molecule is O=C1C[C@H](c2ccc(Cl)cc2Cl)c2c(ccc3ccccc23)N1. The average Bonchev–Trinajstić information content (AvgIpc) is 2.53. The zero-order valence-corrected chi connectivity index (χ0v) is 13.7. The van der Waals surface area contributed by atoms with E-state index in [9.17, 15) is 4.79 Å². The Balaban J connectivity index is 1.99. The smallest absolute Gasteiger partial charge is 0.225 e. The third-order valence-electron chi connectivity index (χ3n) is 4.32. The lowest BCUT2D eigenvalue weighted by molar-refractivity contribution is -0.116. The Morgan fingerprint density at radius 1 is 1.00 bits per heavy atom. The molecule has 1 atom stereocenters. The third-order valence-corrected chi connectivity index (χ3v) is 4.88. The molecule has 3 aromatic rings. The lowest BCUT2D eigenvalue weighted by atomic mass is 9.82. The summed E-state index contributed by atoms with van der Waals surface area (Å²) in [5.41, 5.74) is 2.91. The molecule has 0 unspecified atom stereocenters. The van der Waals surface area contributed by atoms with Crippen LogP contribution in [0.4, 0.5) is 5.69 Å². The number of nitrogens with one attached hydrogen (secondary N) is 1. The molecule has 4 rings (SSSR count). The van der Waals surface area contributed by atoms with Crippen LogP contribution in [0.5, 0.6) is 0 Å². The van der Waals surface area contributed by atoms with Crippen molar-refractivity contribution < 1.29 is 4.79 Å². The van der Waals surface area contributed by atoms with Crippen molar-refractivity contribution in [1.82, 2.24) is 0 Å². The summed E-state index contributed by atoms with van der Waals surface area (Å²) in [6.45, 7) is 0. The largest absolute Gasteiger partial charge is 0.326 e. The van der Waals surface area contributed by atoms with Gasteiger partial charge in [0.15, 0.2) is 0 Å². The van der Waals surface area contributed by atoms with Crippen LogP contribution in [-0.4, -0.2) is 5.91 Å².